The van der Waals surface area contributed by atoms with Gasteiger partial charge in [-0.2, -0.15) is 0 Å². The quantitative estimate of drug-likeness (QED) is 0.702. The second-order valence-corrected chi connectivity index (χ2v) is 8.38. The number of hydrogen-bond donors (Lipinski definition) is 1. The zero-order valence-electron chi connectivity index (χ0n) is 17.4. The highest BCUT2D eigenvalue weighted by Gasteiger charge is 2.37. The molecule has 0 aromatic carbocycles. The molecule has 0 saturated carbocycles. The van der Waals surface area contributed by atoms with Crippen LogP contribution in [0.5, 0.6) is 0 Å². The fourth-order valence-corrected chi connectivity index (χ4v) is 4.76. The Hall–Kier alpha value is -3.29. The monoisotopic (exact) mass is 418 g/mol. The molecule has 0 bridgehead atoms. The number of aromatic amines is 1. The standard InChI is InChI=1S/C23H26N6O2/c30-21(13-17-6-1-2-9-25-17)28-11-3-5-16(15-28)23(31)29-12-4-7-20(29)22-26-18-8-10-24-14-19(18)27-22/h1-2,6,8-10,14,16,20H,3-5,7,11-13,15H2,(H,26,27). The fourth-order valence-electron chi connectivity index (χ4n) is 4.76. The molecule has 2 amide bonds. The zero-order valence-corrected chi connectivity index (χ0v) is 17.4. The molecule has 0 aliphatic carbocycles. The molecule has 8 heteroatoms. The minimum Gasteiger partial charge on any atom is -0.342 e. The molecule has 8 nitrogen and oxygen atoms in total. The van der Waals surface area contributed by atoms with Crippen molar-refractivity contribution in [2.45, 2.75) is 38.1 Å². The van der Waals surface area contributed by atoms with Crippen molar-refractivity contribution >= 4 is 22.8 Å². The van der Waals surface area contributed by atoms with Crippen molar-refractivity contribution in [1.29, 1.82) is 0 Å². The van der Waals surface area contributed by atoms with E-state index in [1.165, 1.54) is 0 Å². The third-order valence-corrected chi connectivity index (χ3v) is 6.34. The van der Waals surface area contributed by atoms with E-state index in [9.17, 15) is 9.59 Å². The van der Waals surface area contributed by atoms with E-state index in [1.54, 1.807) is 18.6 Å². The summed E-state index contributed by atoms with van der Waals surface area (Å²) in [6.45, 7) is 1.92. The topological polar surface area (TPSA) is 95.1 Å². The number of carbonyl (C=O) groups is 2. The Balaban J connectivity index is 1.28. The fraction of sp³-hybridized carbons (Fsp3) is 0.435. The first-order valence-electron chi connectivity index (χ1n) is 11.0. The number of hydrogen-bond acceptors (Lipinski definition) is 5. The van der Waals surface area contributed by atoms with Gasteiger partial charge in [0, 0.05) is 37.7 Å². The largest absolute Gasteiger partial charge is 0.342 e. The van der Waals surface area contributed by atoms with Crippen LogP contribution in [0.2, 0.25) is 0 Å². The van der Waals surface area contributed by atoms with Crippen LogP contribution in [0.1, 0.15) is 43.2 Å². The van der Waals surface area contributed by atoms with Crippen LogP contribution < -0.4 is 0 Å². The minimum atomic E-state index is -0.159. The molecule has 2 unspecified atom stereocenters. The van der Waals surface area contributed by atoms with E-state index >= 15 is 0 Å². The van der Waals surface area contributed by atoms with Crippen molar-refractivity contribution in [1.82, 2.24) is 29.7 Å². The predicted molar refractivity (Wildman–Crippen MR) is 115 cm³/mol. The molecule has 0 spiro atoms. The van der Waals surface area contributed by atoms with Crippen LogP contribution in [0.25, 0.3) is 11.0 Å². The van der Waals surface area contributed by atoms with Crippen LogP contribution >= 0.6 is 0 Å². The lowest BCUT2D eigenvalue weighted by Crippen LogP contribution is -2.47. The number of fused-ring (bicyclic) bond motifs is 1. The second-order valence-electron chi connectivity index (χ2n) is 8.38. The van der Waals surface area contributed by atoms with Gasteiger partial charge in [-0.3, -0.25) is 19.6 Å². The van der Waals surface area contributed by atoms with Crippen molar-refractivity contribution in [3.05, 3.63) is 54.4 Å². The van der Waals surface area contributed by atoms with Gasteiger partial charge in [0.25, 0.3) is 0 Å². The molecule has 31 heavy (non-hydrogen) atoms. The zero-order chi connectivity index (χ0) is 21.2. The summed E-state index contributed by atoms with van der Waals surface area (Å²) in [5.74, 6) is 0.844. The molecule has 2 atom stereocenters. The van der Waals surface area contributed by atoms with Gasteiger partial charge in [-0.25, -0.2) is 4.98 Å². The molecule has 1 N–H and O–H groups in total. The molecule has 0 radical (unpaired) electrons. The van der Waals surface area contributed by atoms with Crippen molar-refractivity contribution in [3.8, 4) is 0 Å². The van der Waals surface area contributed by atoms with Gasteiger partial charge in [0.05, 0.1) is 35.6 Å². The summed E-state index contributed by atoms with van der Waals surface area (Å²) in [4.78, 5) is 46.5. The van der Waals surface area contributed by atoms with Gasteiger partial charge in [-0.15, -0.1) is 0 Å². The van der Waals surface area contributed by atoms with E-state index in [4.69, 9.17) is 4.98 Å². The summed E-state index contributed by atoms with van der Waals surface area (Å²) in [7, 11) is 0. The molecule has 3 aromatic heterocycles. The number of H-pyrrole nitrogens is 1. The number of nitrogens with zero attached hydrogens (tertiary/aromatic N) is 5. The van der Waals surface area contributed by atoms with Crippen LogP contribution in [-0.4, -0.2) is 61.2 Å². The van der Waals surface area contributed by atoms with Gasteiger partial charge in [-0.05, 0) is 43.9 Å². The van der Waals surface area contributed by atoms with Crippen LogP contribution in [0.15, 0.2) is 42.9 Å². The maximum atomic E-state index is 13.4. The Morgan fingerprint density at radius 2 is 2.00 bits per heavy atom. The number of pyridine rings is 2. The summed E-state index contributed by atoms with van der Waals surface area (Å²) >= 11 is 0. The van der Waals surface area contributed by atoms with Crippen molar-refractivity contribution < 1.29 is 9.59 Å². The number of rotatable bonds is 4. The van der Waals surface area contributed by atoms with Gasteiger partial charge in [0.15, 0.2) is 0 Å². The first-order valence-corrected chi connectivity index (χ1v) is 11.0. The molecule has 160 valence electrons. The van der Waals surface area contributed by atoms with Crippen LogP contribution in [-0.2, 0) is 16.0 Å². The van der Waals surface area contributed by atoms with Crippen LogP contribution in [0.4, 0.5) is 0 Å². The molecule has 5 rings (SSSR count). The number of carbonyl (C=O) groups excluding carboxylic acids is 2. The number of nitrogens with one attached hydrogen (secondary N) is 1. The predicted octanol–water partition coefficient (Wildman–Crippen LogP) is 2.50. The average Bonchev–Trinajstić information content (AvgIpc) is 3.46. The smallest absolute Gasteiger partial charge is 0.228 e. The summed E-state index contributed by atoms with van der Waals surface area (Å²) in [5.41, 5.74) is 2.52. The second kappa shape index (κ2) is 8.45. The third-order valence-electron chi connectivity index (χ3n) is 6.34. The lowest BCUT2D eigenvalue weighted by atomic mass is 9.95. The first-order chi connectivity index (χ1) is 15.2. The van der Waals surface area contributed by atoms with Crippen molar-refractivity contribution in [3.63, 3.8) is 0 Å². The highest BCUT2D eigenvalue weighted by atomic mass is 16.2. The Labute approximate surface area is 180 Å². The summed E-state index contributed by atoms with van der Waals surface area (Å²) in [5, 5.41) is 0. The highest BCUT2D eigenvalue weighted by Crippen LogP contribution is 2.34. The Morgan fingerprint density at radius 1 is 1.10 bits per heavy atom. The molecular formula is C23H26N6O2. The van der Waals surface area contributed by atoms with Crippen LogP contribution in [0, 0.1) is 5.92 Å². The average molecular weight is 419 g/mol. The maximum Gasteiger partial charge on any atom is 0.228 e. The lowest BCUT2D eigenvalue weighted by molar-refractivity contribution is -0.141. The summed E-state index contributed by atoms with van der Waals surface area (Å²) in [6.07, 6.45) is 8.99. The first kappa shape index (κ1) is 19.7. The SMILES string of the molecule is O=C(Cc1ccccn1)N1CCCC(C(=O)N2CCCC2c2nc3ccncc3[nH]2)C1. The molecule has 2 fully saturated rings. The molecule has 2 aliphatic rings. The Bertz CT molecular complexity index is 1050. The molecular weight excluding hydrogens is 392 g/mol. The Morgan fingerprint density at radius 3 is 2.84 bits per heavy atom. The molecule has 2 aliphatic heterocycles. The van der Waals surface area contributed by atoms with Gasteiger partial charge >= 0.3 is 0 Å². The molecule has 5 heterocycles. The minimum absolute atomic E-state index is 0.0407. The summed E-state index contributed by atoms with van der Waals surface area (Å²) in [6, 6.07) is 7.43. The third kappa shape index (κ3) is 4.02. The van der Waals surface area contributed by atoms with E-state index in [2.05, 4.69) is 15.0 Å². The molecule has 3 aromatic rings. The van der Waals surface area contributed by atoms with Gasteiger partial charge in [-0.1, -0.05) is 6.07 Å². The summed E-state index contributed by atoms with van der Waals surface area (Å²) < 4.78 is 0. The number of amides is 2. The van der Waals surface area contributed by atoms with Gasteiger partial charge < -0.3 is 14.8 Å². The van der Waals surface area contributed by atoms with Gasteiger partial charge in [0.1, 0.15) is 5.82 Å². The van der Waals surface area contributed by atoms with E-state index in [0.717, 1.165) is 54.8 Å². The molecule has 2 saturated heterocycles. The normalized spacial score (nSPS) is 21.5. The van der Waals surface area contributed by atoms with E-state index in [0.29, 0.717) is 13.1 Å². The van der Waals surface area contributed by atoms with Gasteiger partial charge in [0.2, 0.25) is 11.8 Å². The number of likely N-dealkylation sites (tertiary alicyclic amines) is 2. The van der Waals surface area contributed by atoms with Crippen LogP contribution in [0.3, 0.4) is 0 Å². The highest BCUT2D eigenvalue weighted by molar-refractivity contribution is 5.83. The number of piperidine rings is 1. The number of imidazole rings is 1. The lowest BCUT2D eigenvalue weighted by Gasteiger charge is -2.35. The maximum absolute atomic E-state index is 13.4. The van der Waals surface area contributed by atoms with E-state index < -0.39 is 0 Å². The van der Waals surface area contributed by atoms with E-state index in [1.807, 2.05) is 34.1 Å². The Kier molecular flexibility index (Phi) is 5.36. The van der Waals surface area contributed by atoms with Crippen molar-refractivity contribution in [2.75, 3.05) is 19.6 Å². The van der Waals surface area contributed by atoms with Crippen molar-refractivity contribution in [2.24, 2.45) is 5.92 Å². The number of aromatic nitrogens is 4. The van der Waals surface area contributed by atoms with E-state index in [-0.39, 0.29) is 30.2 Å².